The molecule has 0 aliphatic heterocycles. The van der Waals surface area contributed by atoms with Crippen LogP contribution in [0.3, 0.4) is 0 Å². The van der Waals surface area contributed by atoms with E-state index in [0.717, 1.165) is 26.1 Å². The first-order valence-corrected chi connectivity index (χ1v) is 8.08. The molecule has 120 valence electrons. The average Bonchev–Trinajstić information content (AvgIpc) is 2.46. The highest BCUT2D eigenvalue weighted by Gasteiger charge is 2.13. The highest BCUT2D eigenvalue weighted by Crippen LogP contribution is 2.22. The number of nitrogens with zero attached hydrogens (tertiary/aromatic N) is 1. The number of aryl methyl sites for hydroxylation is 1. The van der Waals surface area contributed by atoms with Gasteiger partial charge in [0.1, 0.15) is 0 Å². The van der Waals surface area contributed by atoms with E-state index < -0.39 is 0 Å². The molecule has 0 spiro atoms. The van der Waals surface area contributed by atoms with Crippen LogP contribution < -0.4 is 10.2 Å². The third-order valence-corrected chi connectivity index (χ3v) is 4.02. The van der Waals surface area contributed by atoms with Crippen LogP contribution in [0.25, 0.3) is 0 Å². The summed E-state index contributed by atoms with van der Waals surface area (Å²) in [6, 6.07) is 7.84. The summed E-state index contributed by atoms with van der Waals surface area (Å²) in [5.74, 6) is 0. The predicted octanol–water partition coefficient (Wildman–Crippen LogP) is 3.74. The minimum atomic E-state index is 0.516. The molecule has 0 aromatic heterocycles. The minimum Gasteiger partial charge on any atom is -0.383 e. The molecule has 21 heavy (non-hydrogen) atoms. The lowest BCUT2D eigenvalue weighted by molar-refractivity contribution is 0.203. The molecule has 1 aromatic carbocycles. The van der Waals surface area contributed by atoms with Gasteiger partial charge in [-0.3, -0.25) is 0 Å². The van der Waals surface area contributed by atoms with E-state index in [4.69, 9.17) is 4.74 Å². The fourth-order valence-corrected chi connectivity index (χ4v) is 2.39. The Labute approximate surface area is 130 Å². The van der Waals surface area contributed by atoms with Gasteiger partial charge < -0.3 is 15.0 Å². The molecule has 0 heterocycles. The molecule has 0 saturated heterocycles. The Bertz CT molecular complexity index is 418. The standard InChI is InChI=1S/C18H32N2O/c1-7-16(5)20(10-11-21-6)18-9-8-17(15(4)12-18)13-19-14(2)3/h8-9,12,14,16,19H,7,10-11,13H2,1-6H3. The maximum Gasteiger partial charge on any atom is 0.0637 e. The van der Waals surface area contributed by atoms with Crippen molar-refractivity contribution < 1.29 is 4.74 Å². The van der Waals surface area contributed by atoms with Crippen molar-refractivity contribution in [1.82, 2.24) is 5.32 Å². The van der Waals surface area contributed by atoms with Gasteiger partial charge in [-0.1, -0.05) is 26.8 Å². The first-order valence-electron chi connectivity index (χ1n) is 8.08. The number of nitrogens with one attached hydrogen (secondary N) is 1. The second-order valence-corrected chi connectivity index (χ2v) is 6.09. The van der Waals surface area contributed by atoms with Crippen molar-refractivity contribution in [2.45, 2.75) is 59.7 Å². The molecule has 0 saturated carbocycles. The maximum atomic E-state index is 5.26. The molecular formula is C18H32N2O. The monoisotopic (exact) mass is 292 g/mol. The predicted molar refractivity (Wildman–Crippen MR) is 92.1 cm³/mol. The van der Waals surface area contributed by atoms with E-state index in [1.807, 2.05) is 0 Å². The summed E-state index contributed by atoms with van der Waals surface area (Å²) in [5, 5.41) is 3.49. The zero-order valence-electron chi connectivity index (χ0n) is 14.6. The fourth-order valence-electron chi connectivity index (χ4n) is 2.39. The molecule has 0 aliphatic carbocycles. The van der Waals surface area contributed by atoms with Gasteiger partial charge in [-0.05, 0) is 43.5 Å². The molecule has 3 nitrogen and oxygen atoms in total. The fraction of sp³-hybridized carbons (Fsp3) is 0.667. The molecule has 0 radical (unpaired) electrons. The van der Waals surface area contributed by atoms with Crippen LogP contribution in [0.15, 0.2) is 18.2 Å². The Morgan fingerprint density at radius 2 is 1.95 bits per heavy atom. The van der Waals surface area contributed by atoms with Gasteiger partial charge in [-0.15, -0.1) is 0 Å². The summed E-state index contributed by atoms with van der Waals surface area (Å²) < 4.78 is 5.26. The van der Waals surface area contributed by atoms with E-state index in [1.54, 1.807) is 7.11 Å². The molecule has 1 unspecified atom stereocenters. The van der Waals surface area contributed by atoms with E-state index in [9.17, 15) is 0 Å². The molecule has 0 bridgehead atoms. The van der Waals surface area contributed by atoms with Crippen molar-refractivity contribution in [3.8, 4) is 0 Å². The van der Waals surface area contributed by atoms with Gasteiger partial charge >= 0.3 is 0 Å². The van der Waals surface area contributed by atoms with Gasteiger partial charge in [0.2, 0.25) is 0 Å². The number of anilines is 1. The van der Waals surface area contributed by atoms with Crippen LogP contribution in [-0.4, -0.2) is 32.3 Å². The second-order valence-electron chi connectivity index (χ2n) is 6.09. The van der Waals surface area contributed by atoms with Crippen LogP contribution in [-0.2, 0) is 11.3 Å². The number of hydrogen-bond donors (Lipinski definition) is 1. The van der Waals surface area contributed by atoms with Gasteiger partial charge in [0.25, 0.3) is 0 Å². The zero-order valence-corrected chi connectivity index (χ0v) is 14.6. The quantitative estimate of drug-likeness (QED) is 0.750. The highest BCUT2D eigenvalue weighted by molar-refractivity contribution is 5.51. The topological polar surface area (TPSA) is 24.5 Å². The first kappa shape index (κ1) is 18.0. The van der Waals surface area contributed by atoms with Crippen LogP contribution in [0.4, 0.5) is 5.69 Å². The SMILES string of the molecule is CCC(C)N(CCOC)c1ccc(CNC(C)C)c(C)c1. The minimum absolute atomic E-state index is 0.516. The zero-order chi connectivity index (χ0) is 15.8. The van der Waals surface area contributed by atoms with Gasteiger partial charge in [-0.25, -0.2) is 0 Å². The van der Waals surface area contributed by atoms with Crippen LogP contribution in [0.5, 0.6) is 0 Å². The van der Waals surface area contributed by atoms with Crippen molar-refractivity contribution in [2.24, 2.45) is 0 Å². The van der Waals surface area contributed by atoms with E-state index >= 15 is 0 Å². The summed E-state index contributed by atoms with van der Waals surface area (Å²) >= 11 is 0. The molecule has 1 rings (SSSR count). The van der Waals surface area contributed by atoms with Crippen molar-refractivity contribution in [3.63, 3.8) is 0 Å². The van der Waals surface area contributed by atoms with E-state index in [2.05, 4.69) is 63.0 Å². The highest BCUT2D eigenvalue weighted by atomic mass is 16.5. The number of methoxy groups -OCH3 is 1. The Kier molecular flexibility index (Phi) is 7.76. The Morgan fingerprint density at radius 1 is 1.24 bits per heavy atom. The third-order valence-electron chi connectivity index (χ3n) is 4.02. The largest absolute Gasteiger partial charge is 0.383 e. The summed E-state index contributed by atoms with van der Waals surface area (Å²) in [6.45, 7) is 13.7. The lowest BCUT2D eigenvalue weighted by Gasteiger charge is -2.31. The van der Waals surface area contributed by atoms with Gasteiger partial charge in [-0.2, -0.15) is 0 Å². The number of hydrogen-bond acceptors (Lipinski definition) is 3. The number of rotatable bonds is 9. The van der Waals surface area contributed by atoms with Gasteiger partial charge in [0, 0.05) is 38.0 Å². The van der Waals surface area contributed by atoms with E-state index in [1.165, 1.54) is 16.8 Å². The lowest BCUT2D eigenvalue weighted by Crippen LogP contribution is -2.35. The lowest BCUT2D eigenvalue weighted by atomic mass is 10.1. The molecule has 0 amide bonds. The average molecular weight is 292 g/mol. The molecular weight excluding hydrogens is 260 g/mol. The summed E-state index contributed by atoms with van der Waals surface area (Å²) in [4.78, 5) is 2.44. The van der Waals surface area contributed by atoms with Crippen LogP contribution >= 0.6 is 0 Å². The van der Waals surface area contributed by atoms with Crippen molar-refractivity contribution in [3.05, 3.63) is 29.3 Å². The number of ether oxygens (including phenoxy) is 1. The number of benzene rings is 1. The van der Waals surface area contributed by atoms with Crippen molar-refractivity contribution in [1.29, 1.82) is 0 Å². The molecule has 3 heteroatoms. The summed E-state index contributed by atoms with van der Waals surface area (Å²) in [6.07, 6.45) is 1.14. The Morgan fingerprint density at radius 3 is 2.48 bits per heavy atom. The summed E-state index contributed by atoms with van der Waals surface area (Å²) in [7, 11) is 1.76. The van der Waals surface area contributed by atoms with Crippen molar-refractivity contribution in [2.75, 3.05) is 25.2 Å². The Hall–Kier alpha value is -1.06. The Balaban J connectivity index is 2.87. The summed E-state index contributed by atoms with van der Waals surface area (Å²) in [5.41, 5.74) is 4.03. The van der Waals surface area contributed by atoms with Gasteiger partial charge in [0.05, 0.1) is 6.61 Å². The van der Waals surface area contributed by atoms with E-state index in [-0.39, 0.29) is 0 Å². The maximum absolute atomic E-state index is 5.26. The molecule has 1 aromatic rings. The van der Waals surface area contributed by atoms with Crippen molar-refractivity contribution >= 4 is 5.69 Å². The smallest absolute Gasteiger partial charge is 0.0637 e. The van der Waals surface area contributed by atoms with Crippen LogP contribution in [0.2, 0.25) is 0 Å². The molecule has 0 aliphatic rings. The second kappa shape index (κ2) is 9.06. The molecule has 1 N–H and O–H groups in total. The van der Waals surface area contributed by atoms with Crippen LogP contribution in [0, 0.1) is 6.92 Å². The van der Waals surface area contributed by atoms with Gasteiger partial charge in [0.15, 0.2) is 0 Å². The van der Waals surface area contributed by atoms with Crippen LogP contribution in [0.1, 0.15) is 45.2 Å². The molecule has 1 atom stereocenters. The third kappa shape index (κ3) is 5.68. The molecule has 0 fully saturated rings. The van der Waals surface area contributed by atoms with E-state index in [0.29, 0.717) is 12.1 Å². The normalized spacial score (nSPS) is 12.7. The first-order chi connectivity index (χ1) is 9.99.